The first-order valence-electron chi connectivity index (χ1n) is 18.8. The SMILES string of the molecule is COC(=O)N[C@H](C(=O)N1CCC(C(=O)Nc2ccc(C#Cc3ccc4nc(SC5CCCN5C(=O)[C@@H](NC(O)OC)C(C)C)[nH]c4c3)cc2)C1)C(C)C(C)C. The second-order valence-corrected chi connectivity index (χ2v) is 16.0. The number of aliphatic hydroxyl groups is 1. The lowest BCUT2D eigenvalue weighted by Crippen LogP contribution is -2.53. The van der Waals surface area contributed by atoms with E-state index in [2.05, 4.69) is 32.8 Å². The molecule has 0 spiro atoms. The molecule has 0 saturated carbocycles. The van der Waals surface area contributed by atoms with Crippen LogP contribution in [-0.2, 0) is 23.9 Å². The van der Waals surface area contributed by atoms with Gasteiger partial charge in [-0.1, -0.05) is 58.2 Å². The van der Waals surface area contributed by atoms with Crippen LogP contribution >= 0.6 is 11.8 Å². The summed E-state index contributed by atoms with van der Waals surface area (Å²) in [6, 6.07) is 11.8. The lowest BCUT2D eigenvalue weighted by molar-refractivity contribution is -0.143. The second kappa shape index (κ2) is 18.8. The van der Waals surface area contributed by atoms with Gasteiger partial charge in [0.2, 0.25) is 24.1 Å². The number of aliphatic hydroxyl groups excluding tert-OH is 1. The van der Waals surface area contributed by atoms with Crippen LogP contribution in [0, 0.1) is 35.5 Å². The average molecular weight is 776 g/mol. The summed E-state index contributed by atoms with van der Waals surface area (Å²) in [6.07, 6.45) is 0.360. The van der Waals surface area contributed by atoms with Crippen LogP contribution in [0.1, 0.15) is 65.0 Å². The molecule has 14 nitrogen and oxygen atoms in total. The molecule has 0 radical (unpaired) electrons. The predicted molar refractivity (Wildman–Crippen MR) is 211 cm³/mol. The highest BCUT2D eigenvalue weighted by molar-refractivity contribution is 7.99. The number of alkyl carbamates (subject to hydrolysis) is 1. The van der Waals surface area contributed by atoms with E-state index < -0.39 is 24.6 Å². The molecule has 0 bridgehead atoms. The molecule has 5 N–H and O–H groups in total. The highest BCUT2D eigenvalue weighted by Gasteiger charge is 2.38. The average Bonchev–Trinajstić information content (AvgIpc) is 3.95. The van der Waals surface area contributed by atoms with Gasteiger partial charge in [-0.2, -0.15) is 0 Å². The molecule has 2 aliphatic rings. The summed E-state index contributed by atoms with van der Waals surface area (Å²) in [5.41, 5.74) is 3.85. The summed E-state index contributed by atoms with van der Waals surface area (Å²) in [5, 5.41) is 19.1. The third kappa shape index (κ3) is 10.6. The number of nitrogens with one attached hydrogen (secondary N) is 4. The fourth-order valence-electron chi connectivity index (χ4n) is 6.69. The standard InChI is InChI=1S/C40H53N7O7S/c1-23(2)25(5)34(45-40(52)54-7)36(49)46-20-18-28(22-46)35(48)41-29-15-12-26(13-16-29)10-11-27-14-17-30-31(21-27)43-38(42-30)55-32-9-8-19-47(32)37(50)33(24(3)4)44-39(51)53-6/h12-17,21,23-25,28,32-34,39,44,51H,8-9,18-20,22H2,1-7H3,(H,41,48)(H,42,43)(H,45,52)/t25?,28?,32?,33-,34-,39?/m0/s1. The molecule has 2 fully saturated rings. The summed E-state index contributed by atoms with van der Waals surface area (Å²) < 4.78 is 9.67. The quantitative estimate of drug-likeness (QED) is 0.124. The molecule has 6 atom stereocenters. The number of methoxy groups -OCH3 is 2. The minimum atomic E-state index is -1.22. The zero-order valence-electron chi connectivity index (χ0n) is 32.5. The van der Waals surface area contributed by atoms with Crippen LogP contribution in [-0.4, -0.2) is 106 Å². The first-order chi connectivity index (χ1) is 26.3. The number of ether oxygens (including phenoxy) is 2. The Bertz CT molecular complexity index is 1890. The van der Waals surface area contributed by atoms with Crippen molar-refractivity contribution in [1.82, 2.24) is 30.4 Å². The molecular weight excluding hydrogens is 723 g/mol. The summed E-state index contributed by atoms with van der Waals surface area (Å²) in [6.45, 7) is 11.1. The summed E-state index contributed by atoms with van der Waals surface area (Å²) >= 11 is 1.52. The van der Waals surface area contributed by atoms with Crippen LogP contribution in [0.25, 0.3) is 11.0 Å². The van der Waals surface area contributed by atoms with Crippen LogP contribution in [0.2, 0.25) is 0 Å². The van der Waals surface area contributed by atoms with Crippen molar-refractivity contribution in [1.29, 1.82) is 0 Å². The number of amides is 4. The number of benzene rings is 2. The van der Waals surface area contributed by atoms with E-state index >= 15 is 0 Å². The number of aromatic nitrogens is 2. The van der Waals surface area contributed by atoms with Gasteiger partial charge in [-0.15, -0.1) is 0 Å². The summed E-state index contributed by atoms with van der Waals surface area (Å²) in [7, 11) is 2.65. The molecule has 5 rings (SSSR count). The Balaban J connectivity index is 1.16. The van der Waals surface area contributed by atoms with E-state index in [4.69, 9.17) is 14.5 Å². The highest BCUT2D eigenvalue weighted by Crippen LogP contribution is 2.34. The Hall–Kier alpha value is -4.62. The number of aromatic amines is 1. The molecule has 1 aromatic heterocycles. The molecular formula is C40H53N7O7S. The fraction of sp³-hybridized carbons (Fsp3) is 0.525. The number of carbonyl (C=O) groups is 4. The highest BCUT2D eigenvalue weighted by atomic mass is 32.2. The maximum Gasteiger partial charge on any atom is 0.407 e. The Labute approximate surface area is 326 Å². The van der Waals surface area contributed by atoms with Crippen molar-refractivity contribution in [2.45, 2.75) is 82.9 Å². The summed E-state index contributed by atoms with van der Waals surface area (Å²) in [5.74, 6) is 5.55. The van der Waals surface area contributed by atoms with Gasteiger partial charge in [0.1, 0.15) is 6.04 Å². The third-order valence-electron chi connectivity index (χ3n) is 10.3. The maximum atomic E-state index is 13.5. The van der Waals surface area contributed by atoms with Crippen molar-refractivity contribution in [2.75, 3.05) is 39.2 Å². The number of hydrogen-bond donors (Lipinski definition) is 5. The van der Waals surface area contributed by atoms with Crippen molar-refractivity contribution in [3.8, 4) is 11.8 Å². The van der Waals surface area contributed by atoms with E-state index in [0.717, 1.165) is 35.0 Å². The van der Waals surface area contributed by atoms with E-state index in [1.165, 1.54) is 26.0 Å². The second-order valence-electron chi connectivity index (χ2n) is 14.8. The zero-order chi connectivity index (χ0) is 39.8. The summed E-state index contributed by atoms with van der Waals surface area (Å²) in [4.78, 5) is 63.6. The number of carbonyl (C=O) groups excluding carboxylic acids is 4. The minimum Gasteiger partial charge on any atom is -0.453 e. The molecule has 0 aliphatic carbocycles. The Morgan fingerprint density at radius 1 is 0.927 bits per heavy atom. The lowest BCUT2D eigenvalue weighted by Gasteiger charge is -2.31. The normalized spacial score (nSPS) is 19.2. The maximum absolute atomic E-state index is 13.5. The Morgan fingerprint density at radius 2 is 1.64 bits per heavy atom. The monoisotopic (exact) mass is 775 g/mol. The van der Waals surface area contributed by atoms with Gasteiger partial charge in [-0.05, 0) is 79.5 Å². The number of nitrogens with zero attached hydrogens (tertiary/aromatic N) is 3. The molecule has 3 aromatic rings. The topological polar surface area (TPSA) is 178 Å². The zero-order valence-corrected chi connectivity index (χ0v) is 33.4. The van der Waals surface area contributed by atoms with Crippen LogP contribution in [0.5, 0.6) is 0 Å². The van der Waals surface area contributed by atoms with Crippen LogP contribution in [0.4, 0.5) is 10.5 Å². The molecule has 15 heteroatoms. The Kier molecular flexibility index (Phi) is 14.2. The molecule has 296 valence electrons. The van der Waals surface area contributed by atoms with Gasteiger partial charge in [0.15, 0.2) is 5.16 Å². The van der Waals surface area contributed by atoms with Gasteiger partial charge in [0.25, 0.3) is 0 Å². The molecule has 4 amide bonds. The first-order valence-corrected chi connectivity index (χ1v) is 19.7. The number of fused-ring (bicyclic) bond motifs is 1. The molecule has 2 aromatic carbocycles. The van der Waals surface area contributed by atoms with Crippen LogP contribution in [0.15, 0.2) is 47.6 Å². The van der Waals surface area contributed by atoms with E-state index in [1.807, 2.05) is 69.9 Å². The van der Waals surface area contributed by atoms with E-state index in [-0.39, 0.29) is 53.3 Å². The van der Waals surface area contributed by atoms with Crippen molar-refractivity contribution in [3.05, 3.63) is 53.6 Å². The number of anilines is 1. The fourth-order valence-corrected chi connectivity index (χ4v) is 7.89. The van der Waals surface area contributed by atoms with Crippen LogP contribution in [0.3, 0.4) is 0 Å². The van der Waals surface area contributed by atoms with Gasteiger partial charge in [0, 0.05) is 43.6 Å². The largest absolute Gasteiger partial charge is 0.453 e. The number of thioether (sulfide) groups is 1. The van der Waals surface area contributed by atoms with E-state index in [1.54, 1.807) is 17.0 Å². The number of likely N-dealkylation sites (tertiary alicyclic amines) is 2. The van der Waals surface area contributed by atoms with Crippen molar-refractivity contribution in [3.63, 3.8) is 0 Å². The molecule has 2 saturated heterocycles. The molecule has 2 aliphatic heterocycles. The Morgan fingerprint density at radius 3 is 2.31 bits per heavy atom. The molecule has 55 heavy (non-hydrogen) atoms. The minimum absolute atomic E-state index is 0.0425. The van der Waals surface area contributed by atoms with Gasteiger partial charge < -0.3 is 40.0 Å². The number of H-pyrrole nitrogens is 1. The van der Waals surface area contributed by atoms with E-state index in [0.29, 0.717) is 30.4 Å². The van der Waals surface area contributed by atoms with Crippen molar-refractivity contribution in [2.24, 2.45) is 23.7 Å². The number of rotatable bonds is 13. The van der Waals surface area contributed by atoms with Crippen molar-refractivity contribution >= 4 is 52.3 Å². The molecule has 4 unspecified atom stereocenters. The number of imidazole rings is 1. The predicted octanol–water partition coefficient (Wildman–Crippen LogP) is 4.34. The van der Waals surface area contributed by atoms with Gasteiger partial charge in [-0.3, -0.25) is 19.7 Å². The third-order valence-corrected chi connectivity index (χ3v) is 11.5. The number of hydrogen-bond acceptors (Lipinski definition) is 10. The van der Waals surface area contributed by atoms with E-state index in [9.17, 15) is 24.3 Å². The lowest BCUT2D eigenvalue weighted by atomic mass is 9.89. The first kappa shape index (κ1) is 41.5. The van der Waals surface area contributed by atoms with Gasteiger partial charge >= 0.3 is 6.09 Å². The van der Waals surface area contributed by atoms with Crippen molar-refractivity contribution < 1.29 is 33.8 Å². The van der Waals surface area contributed by atoms with Crippen LogP contribution < -0.4 is 16.0 Å². The van der Waals surface area contributed by atoms with Gasteiger partial charge in [-0.25, -0.2) is 9.78 Å². The smallest absolute Gasteiger partial charge is 0.407 e. The van der Waals surface area contributed by atoms with Gasteiger partial charge in [0.05, 0.1) is 35.5 Å². The molecule has 3 heterocycles.